The van der Waals surface area contributed by atoms with Crippen LogP contribution in [0.4, 0.5) is 0 Å². The maximum atomic E-state index is 12.1. The molecule has 2 aromatic rings. The highest BCUT2D eigenvalue weighted by molar-refractivity contribution is 6.30. The van der Waals surface area contributed by atoms with E-state index in [1.807, 2.05) is 25.1 Å². The average molecular weight is 287 g/mol. The summed E-state index contributed by atoms with van der Waals surface area (Å²) in [4.78, 5) is 12.1. The van der Waals surface area contributed by atoms with Crippen molar-refractivity contribution >= 4 is 23.5 Å². The number of aryl methyl sites for hydroxylation is 2. The van der Waals surface area contributed by atoms with Crippen LogP contribution in [0.15, 0.2) is 42.5 Å². The van der Waals surface area contributed by atoms with Gasteiger partial charge in [0.25, 0.3) is 0 Å². The molecule has 0 aliphatic heterocycles. The fourth-order valence-corrected chi connectivity index (χ4v) is 2.11. The largest absolute Gasteiger partial charge is 0.507 e. The van der Waals surface area contributed by atoms with Gasteiger partial charge in [0.1, 0.15) is 5.75 Å². The number of aromatic hydroxyl groups is 1. The number of ketones is 1. The molecule has 0 saturated carbocycles. The maximum Gasteiger partial charge on any atom is 0.189 e. The molecule has 0 aromatic heterocycles. The van der Waals surface area contributed by atoms with Gasteiger partial charge in [-0.2, -0.15) is 0 Å². The first-order chi connectivity index (χ1) is 9.47. The van der Waals surface area contributed by atoms with Crippen LogP contribution in [0.2, 0.25) is 5.02 Å². The standard InChI is InChI=1S/C17H15ClO2/c1-11-9-12(2)17(20)15(10-11)16(19)8-5-13-3-6-14(18)7-4-13/h3-10,20H,1-2H3/b8-5+. The van der Waals surface area contributed by atoms with Crippen molar-refractivity contribution in [1.82, 2.24) is 0 Å². The molecular weight excluding hydrogens is 272 g/mol. The van der Waals surface area contributed by atoms with Crippen molar-refractivity contribution in [3.63, 3.8) is 0 Å². The molecule has 0 unspecified atom stereocenters. The Balaban J connectivity index is 2.26. The first-order valence-corrected chi connectivity index (χ1v) is 6.63. The molecule has 0 amide bonds. The Morgan fingerprint density at radius 2 is 1.80 bits per heavy atom. The first-order valence-electron chi connectivity index (χ1n) is 6.25. The summed E-state index contributed by atoms with van der Waals surface area (Å²) in [7, 11) is 0. The van der Waals surface area contributed by atoms with Crippen molar-refractivity contribution in [2.45, 2.75) is 13.8 Å². The van der Waals surface area contributed by atoms with Crippen LogP contribution in [0.5, 0.6) is 5.75 Å². The van der Waals surface area contributed by atoms with Gasteiger partial charge in [0, 0.05) is 5.02 Å². The lowest BCUT2D eigenvalue weighted by atomic mass is 10.0. The predicted molar refractivity (Wildman–Crippen MR) is 82.4 cm³/mol. The van der Waals surface area contributed by atoms with E-state index in [4.69, 9.17) is 11.6 Å². The minimum Gasteiger partial charge on any atom is -0.507 e. The van der Waals surface area contributed by atoms with E-state index in [1.165, 1.54) is 6.08 Å². The highest BCUT2D eigenvalue weighted by Crippen LogP contribution is 2.24. The molecule has 0 radical (unpaired) electrons. The molecule has 0 bridgehead atoms. The summed E-state index contributed by atoms with van der Waals surface area (Å²) in [5, 5.41) is 10.6. The molecule has 102 valence electrons. The van der Waals surface area contributed by atoms with Crippen LogP contribution in [-0.4, -0.2) is 10.9 Å². The van der Waals surface area contributed by atoms with E-state index in [0.29, 0.717) is 16.1 Å². The molecule has 0 spiro atoms. The molecule has 0 fully saturated rings. The maximum absolute atomic E-state index is 12.1. The number of carbonyl (C=O) groups excluding carboxylic acids is 1. The van der Waals surface area contributed by atoms with E-state index in [1.54, 1.807) is 31.2 Å². The summed E-state index contributed by atoms with van der Waals surface area (Å²) >= 11 is 5.80. The zero-order valence-electron chi connectivity index (χ0n) is 11.4. The van der Waals surface area contributed by atoms with Gasteiger partial charge in [-0.3, -0.25) is 4.79 Å². The number of carbonyl (C=O) groups is 1. The molecule has 3 heteroatoms. The van der Waals surface area contributed by atoms with Gasteiger partial charge < -0.3 is 5.11 Å². The molecule has 2 nitrogen and oxygen atoms in total. The Morgan fingerprint density at radius 1 is 1.15 bits per heavy atom. The molecule has 0 heterocycles. The van der Waals surface area contributed by atoms with Gasteiger partial charge >= 0.3 is 0 Å². The second-order valence-corrected chi connectivity index (χ2v) is 5.16. The Hall–Kier alpha value is -2.06. The van der Waals surface area contributed by atoms with E-state index in [0.717, 1.165) is 11.1 Å². The second-order valence-electron chi connectivity index (χ2n) is 4.73. The minimum atomic E-state index is -0.218. The summed E-state index contributed by atoms with van der Waals surface area (Å²) in [5.41, 5.74) is 2.86. The normalized spacial score (nSPS) is 10.9. The van der Waals surface area contributed by atoms with Crippen molar-refractivity contribution in [1.29, 1.82) is 0 Å². The molecule has 1 N–H and O–H groups in total. The molecule has 0 aliphatic carbocycles. The van der Waals surface area contributed by atoms with Crippen LogP contribution in [-0.2, 0) is 0 Å². The van der Waals surface area contributed by atoms with Crippen LogP contribution < -0.4 is 0 Å². The van der Waals surface area contributed by atoms with E-state index in [2.05, 4.69) is 0 Å². The Labute approximate surface area is 123 Å². The van der Waals surface area contributed by atoms with Gasteiger partial charge in [-0.25, -0.2) is 0 Å². The smallest absolute Gasteiger partial charge is 0.189 e. The van der Waals surface area contributed by atoms with Crippen LogP contribution in [0, 0.1) is 13.8 Å². The van der Waals surface area contributed by atoms with Crippen LogP contribution >= 0.6 is 11.6 Å². The summed E-state index contributed by atoms with van der Waals surface area (Å²) < 4.78 is 0. The van der Waals surface area contributed by atoms with Gasteiger partial charge in [-0.15, -0.1) is 0 Å². The Morgan fingerprint density at radius 3 is 2.45 bits per heavy atom. The minimum absolute atomic E-state index is 0.0429. The third-order valence-electron chi connectivity index (χ3n) is 3.01. The highest BCUT2D eigenvalue weighted by atomic mass is 35.5. The number of hydrogen-bond donors (Lipinski definition) is 1. The van der Waals surface area contributed by atoms with Crippen LogP contribution in [0.25, 0.3) is 6.08 Å². The van der Waals surface area contributed by atoms with E-state index in [9.17, 15) is 9.90 Å². The zero-order chi connectivity index (χ0) is 14.7. The highest BCUT2D eigenvalue weighted by Gasteiger charge is 2.11. The average Bonchev–Trinajstić information content (AvgIpc) is 2.42. The van der Waals surface area contributed by atoms with Crippen molar-refractivity contribution in [2.75, 3.05) is 0 Å². The molecular formula is C17H15ClO2. The Bertz CT molecular complexity index is 670. The Kier molecular flexibility index (Phi) is 4.26. The zero-order valence-corrected chi connectivity index (χ0v) is 12.1. The first kappa shape index (κ1) is 14.4. The fraction of sp³-hybridized carbons (Fsp3) is 0.118. The fourth-order valence-electron chi connectivity index (χ4n) is 1.98. The van der Waals surface area contributed by atoms with Crippen molar-refractivity contribution in [3.8, 4) is 5.75 Å². The summed E-state index contributed by atoms with van der Waals surface area (Å²) in [6, 6.07) is 10.7. The van der Waals surface area contributed by atoms with E-state index >= 15 is 0 Å². The lowest BCUT2D eigenvalue weighted by Crippen LogP contribution is -1.97. The molecule has 20 heavy (non-hydrogen) atoms. The van der Waals surface area contributed by atoms with Gasteiger partial charge in [-0.05, 0) is 54.8 Å². The van der Waals surface area contributed by atoms with Gasteiger partial charge in [-0.1, -0.05) is 35.9 Å². The molecule has 2 rings (SSSR count). The van der Waals surface area contributed by atoms with E-state index < -0.39 is 0 Å². The SMILES string of the molecule is Cc1cc(C)c(O)c(C(=O)/C=C/c2ccc(Cl)cc2)c1. The number of phenolic OH excluding ortho intramolecular Hbond substituents is 1. The topological polar surface area (TPSA) is 37.3 Å². The van der Waals surface area contributed by atoms with Gasteiger partial charge in [0.15, 0.2) is 5.78 Å². The summed E-state index contributed by atoms with van der Waals surface area (Å²) in [6.07, 6.45) is 3.16. The van der Waals surface area contributed by atoms with Crippen LogP contribution in [0.1, 0.15) is 27.0 Å². The molecule has 0 saturated heterocycles. The third kappa shape index (κ3) is 3.28. The number of allylic oxidation sites excluding steroid dienone is 1. The number of halogens is 1. The third-order valence-corrected chi connectivity index (χ3v) is 3.26. The number of phenols is 1. The summed E-state index contributed by atoms with van der Waals surface area (Å²) in [6.45, 7) is 3.67. The molecule has 2 aromatic carbocycles. The monoisotopic (exact) mass is 286 g/mol. The lowest BCUT2D eigenvalue weighted by molar-refractivity contribution is 0.104. The van der Waals surface area contributed by atoms with Crippen molar-refractivity contribution in [3.05, 3.63) is 69.8 Å². The predicted octanol–water partition coefficient (Wildman–Crippen LogP) is 4.56. The van der Waals surface area contributed by atoms with E-state index in [-0.39, 0.29) is 11.5 Å². The molecule has 0 aliphatic rings. The van der Waals surface area contributed by atoms with Gasteiger partial charge in [0.05, 0.1) is 5.56 Å². The quantitative estimate of drug-likeness (QED) is 0.663. The van der Waals surface area contributed by atoms with Crippen molar-refractivity contribution in [2.24, 2.45) is 0 Å². The number of rotatable bonds is 3. The van der Waals surface area contributed by atoms with Crippen molar-refractivity contribution < 1.29 is 9.90 Å². The summed E-state index contributed by atoms with van der Waals surface area (Å²) in [5.74, 6) is -0.175. The number of benzene rings is 2. The second kappa shape index (κ2) is 5.93. The lowest BCUT2D eigenvalue weighted by Gasteiger charge is -2.06. The molecule has 0 atom stereocenters. The van der Waals surface area contributed by atoms with Crippen LogP contribution in [0.3, 0.4) is 0 Å². The van der Waals surface area contributed by atoms with Gasteiger partial charge in [0.2, 0.25) is 0 Å². The number of hydrogen-bond acceptors (Lipinski definition) is 2.